The van der Waals surface area contributed by atoms with Crippen LogP contribution in [-0.2, 0) is 9.84 Å². The Hall–Kier alpha value is -1.30. The lowest BCUT2D eigenvalue weighted by atomic mass is 10.1. The van der Waals surface area contributed by atoms with Gasteiger partial charge >= 0.3 is 0 Å². The van der Waals surface area contributed by atoms with Gasteiger partial charge in [-0.05, 0) is 25.9 Å². The molecule has 2 heterocycles. The second kappa shape index (κ2) is 6.22. The van der Waals surface area contributed by atoms with Crippen molar-refractivity contribution in [2.45, 2.75) is 18.2 Å². The number of rotatable bonds is 5. The topological polar surface area (TPSA) is 99.2 Å². The molecule has 1 fully saturated rings. The monoisotopic (exact) mass is 328 g/mol. The molecular weight excluding hydrogens is 308 g/mol. The van der Waals surface area contributed by atoms with Crippen molar-refractivity contribution in [1.29, 1.82) is 5.26 Å². The first-order valence-corrected chi connectivity index (χ1v) is 9.33. The maximum atomic E-state index is 12.2. The Morgan fingerprint density at radius 1 is 1.57 bits per heavy atom. The van der Waals surface area contributed by atoms with Crippen LogP contribution in [-0.4, -0.2) is 45.8 Å². The molecule has 0 amide bonds. The van der Waals surface area contributed by atoms with Gasteiger partial charge in [0.05, 0.1) is 11.4 Å². The molecule has 116 valence electrons. The second-order valence-corrected chi connectivity index (χ2v) is 8.55. The maximum Gasteiger partial charge on any atom is 0.183 e. The molecule has 2 rings (SSSR count). The van der Waals surface area contributed by atoms with E-state index in [4.69, 9.17) is 11.0 Å². The number of sulfone groups is 1. The average molecular weight is 328 g/mol. The zero-order valence-corrected chi connectivity index (χ0v) is 13.9. The number of hydrogen-bond acceptors (Lipinski definition) is 7. The van der Waals surface area contributed by atoms with Crippen molar-refractivity contribution in [2.24, 2.45) is 5.92 Å². The van der Waals surface area contributed by atoms with E-state index in [2.05, 4.69) is 17.3 Å². The van der Waals surface area contributed by atoms with Crippen molar-refractivity contribution in [1.82, 2.24) is 4.90 Å². The lowest BCUT2D eigenvalue weighted by molar-refractivity contribution is 0.399. The van der Waals surface area contributed by atoms with Gasteiger partial charge in [-0.2, -0.15) is 5.26 Å². The van der Waals surface area contributed by atoms with Crippen LogP contribution in [0.2, 0.25) is 0 Å². The number of thiophene rings is 1. The van der Waals surface area contributed by atoms with Crippen LogP contribution in [0.4, 0.5) is 10.7 Å². The lowest BCUT2D eigenvalue weighted by Crippen LogP contribution is -2.19. The van der Waals surface area contributed by atoms with Crippen LogP contribution in [0.25, 0.3) is 0 Å². The molecule has 0 radical (unpaired) electrons. The van der Waals surface area contributed by atoms with Crippen LogP contribution < -0.4 is 11.1 Å². The Labute approximate surface area is 129 Å². The summed E-state index contributed by atoms with van der Waals surface area (Å²) in [5.74, 6) is 0.459. The van der Waals surface area contributed by atoms with E-state index in [-0.39, 0.29) is 21.2 Å². The van der Waals surface area contributed by atoms with Gasteiger partial charge in [-0.15, -0.1) is 11.3 Å². The molecule has 8 heteroatoms. The molecule has 1 aliphatic rings. The van der Waals surface area contributed by atoms with Crippen LogP contribution in [0, 0.1) is 17.2 Å². The Morgan fingerprint density at radius 3 is 2.81 bits per heavy atom. The Kier molecular flexibility index (Phi) is 4.76. The molecule has 3 N–H and O–H groups in total. The second-order valence-electron chi connectivity index (χ2n) is 5.32. The SMILES string of the molecule is CCS(=O)(=O)c1c(NCC2CCN(C)C2)sc(C#N)c1N. The van der Waals surface area contributed by atoms with E-state index in [0.29, 0.717) is 17.5 Å². The number of likely N-dealkylation sites (tertiary alicyclic amines) is 1. The number of nitrogen functional groups attached to an aromatic ring is 1. The van der Waals surface area contributed by atoms with Crippen LogP contribution in [0.15, 0.2) is 4.90 Å². The maximum absolute atomic E-state index is 12.2. The highest BCUT2D eigenvalue weighted by Gasteiger charge is 2.27. The van der Waals surface area contributed by atoms with Crippen molar-refractivity contribution in [2.75, 3.05) is 43.5 Å². The number of nitrogens with zero attached hydrogens (tertiary/aromatic N) is 2. The van der Waals surface area contributed by atoms with Crippen molar-refractivity contribution in [3.8, 4) is 6.07 Å². The fourth-order valence-corrected chi connectivity index (χ4v) is 4.98. The molecule has 1 aliphatic heterocycles. The molecule has 0 bridgehead atoms. The molecule has 0 spiro atoms. The first-order valence-electron chi connectivity index (χ1n) is 6.86. The van der Waals surface area contributed by atoms with E-state index in [1.165, 1.54) is 0 Å². The van der Waals surface area contributed by atoms with Gasteiger partial charge < -0.3 is 16.0 Å². The lowest BCUT2D eigenvalue weighted by Gasteiger charge is -2.13. The quantitative estimate of drug-likeness (QED) is 0.846. The van der Waals surface area contributed by atoms with Crippen LogP contribution in [0.1, 0.15) is 18.2 Å². The van der Waals surface area contributed by atoms with Crippen LogP contribution >= 0.6 is 11.3 Å². The van der Waals surface area contributed by atoms with Gasteiger partial charge in [0.1, 0.15) is 20.8 Å². The number of nitrogens with two attached hydrogens (primary N) is 1. The average Bonchev–Trinajstić information content (AvgIpc) is 3.00. The molecular formula is C13H20N4O2S2. The largest absolute Gasteiger partial charge is 0.396 e. The summed E-state index contributed by atoms with van der Waals surface area (Å²) < 4.78 is 24.4. The predicted molar refractivity (Wildman–Crippen MR) is 85.3 cm³/mol. The molecule has 21 heavy (non-hydrogen) atoms. The summed E-state index contributed by atoms with van der Waals surface area (Å²) in [7, 11) is -1.37. The van der Waals surface area contributed by atoms with E-state index in [1.807, 2.05) is 6.07 Å². The highest BCUT2D eigenvalue weighted by atomic mass is 32.2. The van der Waals surface area contributed by atoms with Gasteiger partial charge in [-0.3, -0.25) is 0 Å². The van der Waals surface area contributed by atoms with Gasteiger partial charge in [-0.25, -0.2) is 8.42 Å². The summed E-state index contributed by atoms with van der Waals surface area (Å²) in [6.07, 6.45) is 1.09. The van der Waals surface area contributed by atoms with Gasteiger partial charge in [0.2, 0.25) is 0 Å². The summed E-state index contributed by atoms with van der Waals surface area (Å²) >= 11 is 1.12. The summed E-state index contributed by atoms with van der Waals surface area (Å²) in [4.78, 5) is 2.60. The van der Waals surface area contributed by atoms with E-state index >= 15 is 0 Å². The fourth-order valence-electron chi connectivity index (χ4n) is 2.51. The first-order chi connectivity index (χ1) is 9.89. The highest BCUT2D eigenvalue weighted by molar-refractivity contribution is 7.91. The molecule has 0 saturated carbocycles. The van der Waals surface area contributed by atoms with Gasteiger partial charge in [-0.1, -0.05) is 6.92 Å². The van der Waals surface area contributed by atoms with Crippen LogP contribution in [0.3, 0.4) is 0 Å². The van der Waals surface area contributed by atoms with Gasteiger partial charge in [0.25, 0.3) is 0 Å². The Morgan fingerprint density at radius 2 is 2.29 bits per heavy atom. The van der Waals surface area contributed by atoms with E-state index in [0.717, 1.165) is 30.8 Å². The van der Waals surface area contributed by atoms with E-state index in [9.17, 15) is 8.42 Å². The minimum absolute atomic E-state index is 0.0281. The predicted octanol–water partition coefficient (Wildman–Crippen LogP) is 1.36. The third-order valence-electron chi connectivity index (χ3n) is 3.73. The van der Waals surface area contributed by atoms with E-state index < -0.39 is 9.84 Å². The normalized spacial score (nSPS) is 19.6. The van der Waals surface area contributed by atoms with Gasteiger partial charge in [0, 0.05) is 13.1 Å². The summed E-state index contributed by atoms with van der Waals surface area (Å²) in [5, 5.41) is 12.8. The van der Waals surface area contributed by atoms with Crippen molar-refractivity contribution < 1.29 is 8.42 Å². The molecule has 0 aromatic carbocycles. The van der Waals surface area contributed by atoms with Crippen molar-refractivity contribution >= 4 is 31.9 Å². The first kappa shape index (κ1) is 16.1. The zero-order valence-electron chi connectivity index (χ0n) is 12.2. The molecule has 1 atom stereocenters. The number of anilines is 2. The number of hydrogen-bond donors (Lipinski definition) is 2. The smallest absolute Gasteiger partial charge is 0.183 e. The third kappa shape index (κ3) is 3.31. The molecule has 1 unspecified atom stereocenters. The Bertz CT molecular complexity index is 660. The summed E-state index contributed by atoms with van der Waals surface area (Å²) in [6.45, 7) is 4.33. The number of nitriles is 1. The molecule has 1 aromatic heterocycles. The van der Waals surface area contributed by atoms with Gasteiger partial charge in [0.15, 0.2) is 9.84 Å². The Balaban J connectivity index is 2.25. The fraction of sp³-hybridized carbons (Fsp3) is 0.615. The zero-order chi connectivity index (χ0) is 15.6. The standard InChI is InChI=1S/C13H20N4O2S2/c1-3-21(18,19)12-11(15)10(6-14)20-13(12)16-7-9-4-5-17(2)8-9/h9,16H,3-5,7-8,15H2,1-2H3. The molecule has 0 aliphatic carbocycles. The highest BCUT2D eigenvalue weighted by Crippen LogP contribution is 2.39. The minimum Gasteiger partial charge on any atom is -0.396 e. The summed E-state index contributed by atoms with van der Waals surface area (Å²) in [6, 6.07) is 1.97. The molecule has 6 nitrogen and oxygen atoms in total. The van der Waals surface area contributed by atoms with E-state index in [1.54, 1.807) is 6.92 Å². The number of nitrogens with one attached hydrogen (secondary N) is 1. The van der Waals surface area contributed by atoms with Crippen molar-refractivity contribution in [3.63, 3.8) is 0 Å². The minimum atomic E-state index is -3.44. The molecule has 1 aromatic rings. The molecule has 1 saturated heterocycles. The van der Waals surface area contributed by atoms with Crippen molar-refractivity contribution in [3.05, 3.63) is 4.88 Å². The van der Waals surface area contributed by atoms with Crippen LogP contribution in [0.5, 0.6) is 0 Å². The summed E-state index contributed by atoms with van der Waals surface area (Å²) in [5.41, 5.74) is 5.92. The third-order valence-corrected chi connectivity index (χ3v) is 6.74.